The molecule has 2 aromatic heterocycles. The molecule has 2 amide bonds. The molecule has 0 saturated heterocycles. The molecule has 0 saturated carbocycles. The predicted molar refractivity (Wildman–Crippen MR) is 133 cm³/mol. The van der Waals surface area contributed by atoms with Crippen LogP contribution in [0.4, 0.5) is 11.4 Å². The minimum Gasteiger partial charge on any atom is -0.324 e. The number of benzene rings is 2. The number of halogens is 2. The number of H-pyrrole nitrogens is 2. The molecule has 2 aromatic carbocycles. The summed E-state index contributed by atoms with van der Waals surface area (Å²) in [5, 5.41) is 27.7. The van der Waals surface area contributed by atoms with Crippen molar-refractivity contribution in [2.45, 2.75) is 10.1 Å². The number of carbonyl (C=O) groups is 2. The van der Waals surface area contributed by atoms with Crippen molar-refractivity contribution in [3.63, 3.8) is 0 Å². The lowest BCUT2D eigenvalue weighted by Gasteiger charge is -2.11. The van der Waals surface area contributed by atoms with E-state index in [0.717, 1.165) is 11.1 Å². The van der Waals surface area contributed by atoms with E-state index >= 15 is 0 Å². The molecule has 0 aliphatic rings. The Bertz CT molecular complexity index is 1190. The van der Waals surface area contributed by atoms with Crippen LogP contribution in [0.25, 0.3) is 11.1 Å². The summed E-state index contributed by atoms with van der Waals surface area (Å²) < 4.78 is 0. The fraction of sp³-hybridized carbons (Fsp3) is 0.100. The number of hydrogen-bond acceptors (Lipinski definition) is 8. The van der Waals surface area contributed by atoms with E-state index in [1.807, 2.05) is 12.1 Å². The van der Waals surface area contributed by atoms with Crippen LogP contribution in [-0.4, -0.2) is 54.1 Å². The minimum absolute atomic E-state index is 0.171. The molecule has 0 spiro atoms. The zero-order valence-corrected chi connectivity index (χ0v) is 20.4. The van der Waals surface area contributed by atoms with Gasteiger partial charge in [-0.3, -0.25) is 9.59 Å². The SMILES string of the molecule is O=C(CSc1cn[nH]n1)Nc1ccc(-c2ccc(NC(=O)CSc3cn[nH]n3)c(Cl)c2)cc1Cl. The van der Waals surface area contributed by atoms with Gasteiger partial charge in [0.1, 0.15) is 10.1 Å². The summed E-state index contributed by atoms with van der Waals surface area (Å²) in [5.74, 6) is -0.0883. The summed E-state index contributed by atoms with van der Waals surface area (Å²) in [6.45, 7) is 0. The molecule has 10 nitrogen and oxygen atoms in total. The standard InChI is InChI=1S/C20H16Cl2N8O2S2/c21-13-5-11(1-3-15(13)25-17(31)9-33-19-7-23-29-27-19)12-2-4-16(14(22)6-12)26-18(32)10-34-20-8-24-30-28-20/h1-8H,9-10H2,(H,25,31)(H,26,32)(H,23,27,29)(H,24,28,30). The quantitative estimate of drug-likeness (QED) is 0.232. The second-order valence-corrected chi connectivity index (χ2v) is 9.49. The second-order valence-electron chi connectivity index (χ2n) is 6.68. The normalized spacial score (nSPS) is 10.8. The molecule has 4 N–H and O–H groups in total. The summed E-state index contributed by atoms with van der Waals surface area (Å²) in [5.41, 5.74) is 2.61. The van der Waals surface area contributed by atoms with E-state index in [9.17, 15) is 9.59 Å². The first-order valence-electron chi connectivity index (χ1n) is 9.64. The topological polar surface area (TPSA) is 141 Å². The van der Waals surface area contributed by atoms with E-state index in [-0.39, 0.29) is 23.3 Å². The van der Waals surface area contributed by atoms with Gasteiger partial charge < -0.3 is 10.6 Å². The van der Waals surface area contributed by atoms with E-state index in [1.54, 1.807) is 36.7 Å². The molecule has 0 unspecified atom stereocenters. The first kappa shape index (κ1) is 24.1. The molecular weight excluding hydrogens is 519 g/mol. The van der Waals surface area contributed by atoms with Crippen molar-refractivity contribution in [1.82, 2.24) is 30.8 Å². The summed E-state index contributed by atoms with van der Waals surface area (Å²) in [6.07, 6.45) is 3.08. The summed E-state index contributed by atoms with van der Waals surface area (Å²) in [6, 6.07) is 10.6. The van der Waals surface area contributed by atoms with Gasteiger partial charge in [0.2, 0.25) is 11.8 Å². The highest BCUT2D eigenvalue weighted by Crippen LogP contribution is 2.33. The zero-order chi connectivity index (χ0) is 23.9. The average molecular weight is 535 g/mol. The molecule has 0 bridgehead atoms. The van der Waals surface area contributed by atoms with E-state index < -0.39 is 0 Å². The summed E-state index contributed by atoms with van der Waals surface area (Å²) in [4.78, 5) is 24.4. The zero-order valence-electron chi connectivity index (χ0n) is 17.2. The molecule has 0 radical (unpaired) electrons. The van der Waals surface area contributed by atoms with Crippen LogP contribution in [0.2, 0.25) is 10.0 Å². The fourth-order valence-electron chi connectivity index (χ4n) is 2.76. The van der Waals surface area contributed by atoms with E-state index in [1.165, 1.54) is 23.5 Å². The van der Waals surface area contributed by atoms with Crippen molar-refractivity contribution >= 4 is 69.9 Å². The minimum atomic E-state index is -0.215. The molecule has 4 aromatic rings. The lowest BCUT2D eigenvalue weighted by atomic mass is 10.0. The molecule has 0 aliphatic heterocycles. The van der Waals surface area contributed by atoms with Gasteiger partial charge >= 0.3 is 0 Å². The van der Waals surface area contributed by atoms with E-state index in [2.05, 4.69) is 41.5 Å². The number of aromatic amines is 2. The molecule has 0 atom stereocenters. The van der Waals surface area contributed by atoms with Crippen LogP contribution in [0.1, 0.15) is 0 Å². The molecule has 0 aliphatic carbocycles. The van der Waals surface area contributed by atoms with Crippen LogP contribution in [0, 0.1) is 0 Å². The average Bonchev–Trinajstić information content (AvgIpc) is 3.53. The first-order chi connectivity index (χ1) is 16.5. The molecule has 2 heterocycles. The van der Waals surface area contributed by atoms with Crippen molar-refractivity contribution in [2.24, 2.45) is 0 Å². The van der Waals surface area contributed by atoms with Gasteiger partial charge in [-0.15, -0.1) is 10.2 Å². The second kappa shape index (κ2) is 11.4. The highest BCUT2D eigenvalue weighted by Gasteiger charge is 2.12. The van der Waals surface area contributed by atoms with Gasteiger partial charge in [0.25, 0.3) is 0 Å². The lowest BCUT2D eigenvalue weighted by molar-refractivity contribution is -0.114. The van der Waals surface area contributed by atoms with Crippen molar-refractivity contribution in [3.05, 3.63) is 58.8 Å². The molecule has 4 rings (SSSR count). The largest absolute Gasteiger partial charge is 0.324 e. The van der Waals surface area contributed by atoms with E-state index in [0.29, 0.717) is 31.5 Å². The van der Waals surface area contributed by atoms with Gasteiger partial charge in [0, 0.05) is 0 Å². The maximum atomic E-state index is 12.2. The predicted octanol–water partition coefficient (Wildman–Crippen LogP) is 4.36. The Morgan fingerprint density at radius 3 is 1.56 bits per heavy atom. The first-order valence-corrected chi connectivity index (χ1v) is 12.4. The maximum Gasteiger partial charge on any atom is 0.234 e. The van der Waals surface area contributed by atoms with Crippen molar-refractivity contribution in [1.29, 1.82) is 0 Å². The maximum absolute atomic E-state index is 12.2. The van der Waals surface area contributed by atoms with Gasteiger partial charge in [-0.25, -0.2) is 0 Å². The molecule has 0 fully saturated rings. The Hall–Kier alpha value is -3.06. The number of rotatable bonds is 9. The highest BCUT2D eigenvalue weighted by atomic mass is 35.5. The highest BCUT2D eigenvalue weighted by molar-refractivity contribution is 8.00. The van der Waals surface area contributed by atoms with Crippen LogP contribution in [-0.2, 0) is 9.59 Å². The van der Waals surface area contributed by atoms with Gasteiger partial charge in [-0.05, 0) is 35.4 Å². The monoisotopic (exact) mass is 534 g/mol. The van der Waals surface area contributed by atoms with Gasteiger partial charge in [0.15, 0.2) is 0 Å². The Morgan fingerprint density at radius 2 is 1.21 bits per heavy atom. The van der Waals surface area contributed by atoms with Crippen LogP contribution < -0.4 is 10.6 Å². The summed E-state index contributed by atoms with van der Waals surface area (Å²) in [7, 11) is 0. The third-order valence-electron chi connectivity index (χ3n) is 4.31. The van der Waals surface area contributed by atoms with E-state index in [4.69, 9.17) is 23.2 Å². The number of hydrogen-bond donors (Lipinski definition) is 4. The van der Waals surface area contributed by atoms with Gasteiger partial charge in [-0.1, -0.05) is 58.9 Å². The van der Waals surface area contributed by atoms with Gasteiger partial charge in [-0.2, -0.15) is 20.6 Å². The van der Waals surface area contributed by atoms with Crippen LogP contribution in [0.3, 0.4) is 0 Å². The lowest BCUT2D eigenvalue weighted by Crippen LogP contribution is -2.14. The molecule has 14 heteroatoms. The smallest absolute Gasteiger partial charge is 0.234 e. The number of thioether (sulfide) groups is 2. The number of nitrogens with one attached hydrogen (secondary N) is 4. The molecule has 34 heavy (non-hydrogen) atoms. The number of nitrogens with zero attached hydrogens (tertiary/aromatic N) is 4. The van der Waals surface area contributed by atoms with Crippen LogP contribution in [0.5, 0.6) is 0 Å². The van der Waals surface area contributed by atoms with Crippen LogP contribution >= 0.6 is 46.7 Å². The fourth-order valence-corrected chi connectivity index (χ4v) is 4.39. The van der Waals surface area contributed by atoms with Crippen molar-refractivity contribution in [2.75, 3.05) is 22.1 Å². The number of anilines is 2. The Morgan fingerprint density at radius 1 is 0.765 bits per heavy atom. The number of carbonyl (C=O) groups excluding carboxylic acids is 2. The van der Waals surface area contributed by atoms with Gasteiger partial charge in [0.05, 0.1) is 45.3 Å². The third kappa shape index (κ3) is 6.50. The Balaban J connectivity index is 1.35. The van der Waals surface area contributed by atoms with Crippen LogP contribution in [0.15, 0.2) is 58.8 Å². The Kier molecular flexibility index (Phi) is 8.06. The molecular formula is C20H16Cl2N8O2S2. The summed E-state index contributed by atoms with van der Waals surface area (Å²) >= 11 is 15.3. The number of amides is 2. The van der Waals surface area contributed by atoms with Crippen molar-refractivity contribution < 1.29 is 9.59 Å². The molecule has 174 valence electrons. The Labute approximate surface area is 212 Å². The number of aromatic nitrogens is 6. The third-order valence-corrected chi connectivity index (χ3v) is 6.73. The van der Waals surface area contributed by atoms with Crippen molar-refractivity contribution in [3.8, 4) is 11.1 Å².